The first-order valence-electron chi connectivity index (χ1n) is 10.4. The summed E-state index contributed by atoms with van der Waals surface area (Å²) in [6.45, 7) is 1.33. The topological polar surface area (TPSA) is 133 Å². The summed E-state index contributed by atoms with van der Waals surface area (Å²) in [7, 11) is -4.78. The minimum Gasteiger partial charge on any atom is -0.480 e. The molecule has 0 aliphatic heterocycles. The number of phosphoric acid groups is 1. The highest BCUT2D eigenvalue weighted by Crippen LogP contribution is 2.35. The number of carboxylic acid groups (broad SMARTS) is 1. The van der Waals surface area contributed by atoms with Gasteiger partial charge < -0.3 is 20.2 Å². The lowest BCUT2D eigenvalue weighted by Crippen LogP contribution is -2.43. The van der Waals surface area contributed by atoms with Crippen LogP contribution in [0, 0.1) is 0 Å². The molecule has 0 aromatic heterocycles. The van der Waals surface area contributed by atoms with Crippen LogP contribution in [0.5, 0.6) is 0 Å². The van der Waals surface area contributed by atoms with Crippen molar-refractivity contribution in [1.29, 1.82) is 0 Å². The van der Waals surface area contributed by atoms with Gasteiger partial charge in [0.2, 0.25) is 5.91 Å². The number of nitrogens with one attached hydrogen (secondary N) is 1. The largest absolute Gasteiger partial charge is 0.480 e. The number of hydrogen-bond donors (Lipinski definition) is 4. The van der Waals surface area contributed by atoms with Gasteiger partial charge in [-0.3, -0.25) is 9.32 Å². The second-order valence-electron chi connectivity index (χ2n) is 6.84. The molecule has 8 nitrogen and oxygen atoms in total. The van der Waals surface area contributed by atoms with Gasteiger partial charge in [-0.2, -0.15) is 0 Å². The Hall–Kier alpha value is -1.73. The molecule has 1 atom stereocenters. The molecule has 0 bridgehead atoms. The van der Waals surface area contributed by atoms with E-state index in [0.717, 1.165) is 51.4 Å². The summed E-state index contributed by atoms with van der Waals surface area (Å²) < 4.78 is 14.8. The van der Waals surface area contributed by atoms with Crippen LogP contribution in [0.2, 0.25) is 0 Å². The van der Waals surface area contributed by atoms with Crippen LogP contribution in [0.1, 0.15) is 71.1 Å². The molecule has 0 aromatic carbocycles. The van der Waals surface area contributed by atoms with Gasteiger partial charge in [0.1, 0.15) is 0 Å². The highest BCUT2D eigenvalue weighted by atomic mass is 31.2. The van der Waals surface area contributed by atoms with Crippen LogP contribution < -0.4 is 5.32 Å². The molecule has 30 heavy (non-hydrogen) atoms. The van der Waals surface area contributed by atoms with Crippen molar-refractivity contribution < 1.29 is 33.6 Å². The minimum absolute atomic E-state index is 0.166. The number of carboxylic acids is 1. The van der Waals surface area contributed by atoms with Crippen molar-refractivity contribution in [1.82, 2.24) is 5.32 Å². The maximum absolute atomic E-state index is 11.8. The van der Waals surface area contributed by atoms with Gasteiger partial charge in [-0.1, -0.05) is 62.6 Å². The molecule has 0 heterocycles. The van der Waals surface area contributed by atoms with Gasteiger partial charge in [-0.05, 0) is 38.5 Å². The molecule has 0 rings (SSSR count). The quantitative estimate of drug-likeness (QED) is 0.141. The van der Waals surface area contributed by atoms with Gasteiger partial charge in [0.15, 0.2) is 6.04 Å². The molecule has 0 aromatic rings. The first kappa shape index (κ1) is 28.3. The fourth-order valence-corrected chi connectivity index (χ4v) is 2.86. The van der Waals surface area contributed by atoms with Crippen molar-refractivity contribution in [2.75, 3.05) is 6.61 Å². The molecule has 0 saturated carbocycles. The van der Waals surface area contributed by atoms with Crippen LogP contribution in [0.4, 0.5) is 0 Å². The number of amides is 1. The van der Waals surface area contributed by atoms with Gasteiger partial charge in [-0.15, -0.1) is 0 Å². The number of carbonyl (C=O) groups is 2. The van der Waals surface area contributed by atoms with E-state index >= 15 is 0 Å². The Labute approximate surface area is 179 Å². The van der Waals surface area contributed by atoms with E-state index in [0.29, 0.717) is 6.42 Å². The van der Waals surface area contributed by atoms with Crippen LogP contribution in [0.25, 0.3) is 0 Å². The summed E-state index contributed by atoms with van der Waals surface area (Å²) in [5.74, 6) is -1.88. The summed E-state index contributed by atoms with van der Waals surface area (Å²) >= 11 is 0. The molecule has 0 unspecified atom stereocenters. The smallest absolute Gasteiger partial charge is 0.469 e. The molecule has 1 amide bonds. The number of rotatable bonds is 18. The third-order valence-electron chi connectivity index (χ3n) is 4.10. The van der Waals surface area contributed by atoms with E-state index in [1.807, 2.05) is 0 Å². The van der Waals surface area contributed by atoms with E-state index < -0.39 is 32.3 Å². The Balaban J connectivity index is 3.72. The van der Waals surface area contributed by atoms with Gasteiger partial charge in [0.05, 0.1) is 6.61 Å². The van der Waals surface area contributed by atoms with Gasteiger partial charge in [0.25, 0.3) is 0 Å². The molecule has 0 aliphatic carbocycles. The summed E-state index contributed by atoms with van der Waals surface area (Å²) in [6, 6.07) is -1.49. The standard InChI is InChI=1S/C21H36NO7P/c1-2-3-4-5-6-7-8-9-10-11-12-13-14-15-16-17-20(23)22-19(21(24)25)18-29-30(26,27)28/h3-4,6-7,9-10,19H,2,5,8,11-18H2,1H3,(H,22,23)(H,24,25)(H2,26,27,28)/b4-3?,7-6?,10-9-/t19-/m0/s1. The summed E-state index contributed by atoms with van der Waals surface area (Å²) in [5, 5.41) is 11.2. The zero-order valence-electron chi connectivity index (χ0n) is 17.7. The number of aliphatic carboxylic acids is 1. The molecule has 0 aliphatic rings. The first-order chi connectivity index (χ1) is 14.3. The van der Waals surface area contributed by atoms with Crippen molar-refractivity contribution >= 4 is 19.7 Å². The van der Waals surface area contributed by atoms with E-state index in [1.165, 1.54) is 0 Å². The third-order valence-corrected chi connectivity index (χ3v) is 4.58. The average molecular weight is 445 g/mol. The Kier molecular flexibility index (Phi) is 17.0. The molecule has 172 valence electrons. The van der Waals surface area contributed by atoms with E-state index in [1.54, 1.807) is 0 Å². The summed E-state index contributed by atoms with van der Waals surface area (Å²) in [5.41, 5.74) is 0. The van der Waals surface area contributed by atoms with Crippen molar-refractivity contribution in [2.45, 2.75) is 77.2 Å². The number of allylic oxidation sites excluding steroid dienone is 6. The zero-order chi connectivity index (χ0) is 22.7. The molecule has 4 N–H and O–H groups in total. The van der Waals surface area contributed by atoms with Crippen LogP contribution in [0.15, 0.2) is 36.5 Å². The molecule has 0 saturated heterocycles. The Morgan fingerprint density at radius 2 is 1.50 bits per heavy atom. The Morgan fingerprint density at radius 3 is 2.10 bits per heavy atom. The van der Waals surface area contributed by atoms with Gasteiger partial charge in [0, 0.05) is 6.42 Å². The summed E-state index contributed by atoms with van der Waals surface area (Å²) in [6.07, 6.45) is 21.8. The van der Waals surface area contributed by atoms with Crippen LogP contribution in [-0.2, 0) is 18.7 Å². The molecule has 0 fully saturated rings. The lowest BCUT2D eigenvalue weighted by atomic mass is 10.1. The van der Waals surface area contributed by atoms with Crippen LogP contribution in [-0.4, -0.2) is 39.4 Å². The fraction of sp³-hybridized carbons (Fsp3) is 0.619. The van der Waals surface area contributed by atoms with Gasteiger partial charge in [-0.25, -0.2) is 9.36 Å². The minimum atomic E-state index is -4.78. The number of carbonyl (C=O) groups excluding carboxylic acids is 1. The number of phosphoric ester groups is 1. The molecule has 0 radical (unpaired) electrons. The SMILES string of the molecule is CCC=CCC=CC/C=C\CCCCCCCC(=O)N[C@@H](COP(=O)(O)O)C(=O)O. The third kappa shape index (κ3) is 19.6. The lowest BCUT2D eigenvalue weighted by Gasteiger charge is -2.15. The summed E-state index contributed by atoms with van der Waals surface area (Å²) in [4.78, 5) is 40.0. The van der Waals surface area contributed by atoms with Crippen molar-refractivity contribution in [2.24, 2.45) is 0 Å². The Bertz CT molecular complexity index is 610. The molecular weight excluding hydrogens is 409 g/mol. The lowest BCUT2D eigenvalue weighted by molar-refractivity contribution is -0.142. The predicted octanol–water partition coefficient (Wildman–Crippen LogP) is 4.25. The normalized spacial score (nSPS) is 13.4. The van der Waals surface area contributed by atoms with E-state index in [2.05, 4.69) is 53.2 Å². The maximum atomic E-state index is 11.8. The van der Waals surface area contributed by atoms with Crippen molar-refractivity contribution in [3.05, 3.63) is 36.5 Å². The van der Waals surface area contributed by atoms with Crippen LogP contribution in [0.3, 0.4) is 0 Å². The fourth-order valence-electron chi connectivity index (χ4n) is 2.52. The first-order valence-corrected chi connectivity index (χ1v) is 12.0. The number of unbranched alkanes of at least 4 members (excludes halogenated alkanes) is 5. The van der Waals surface area contributed by atoms with Gasteiger partial charge >= 0.3 is 13.8 Å². The van der Waals surface area contributed by atoms with Crippen molar-refractivity contribution in [3.8, 4) is 0 Å². The molecule has 9 heteroatoms. The Morgan fingerprint density at radius 1 is 0.933 bits per heavy atom. The highest BCUT2D eigenvalue weighted by molar-refractivity contribution is 7.46. The van der Waals surface area contributed by atoms with Crippen molar-refractivity contribution in [3.63, 3.8) is 0 Å². The maximum Gasteiger partial charge on any atom is 0.469 e. The van der Waals surface area contributed by atoms with Crippen LogP contribution >= 0.6 is 7.82 Å². The second-order valence-corrected chi connectivity index (χ2v) is 8.08. The van der Waals surface area contributed by atoms with E-state index in [4.69, 9.17) is 14.9 Å². The highest BCUT2D eigenvalue weighted by Gasteiger charge is 2.24. The number of hydrogen-bond acceptors (Lipinski definition) is 4. The average Bonchev–Trinajstić information content (AvgIpc) is 2.67. The zero-order valence-corrected chi connectivity index (χ0v) is 18.6. The predicted molar refractivity (Wildman–Crippen MR) is 117 cm³/mol. The van der Waals surface area contributed by atoms with E-state index in [-0.39, 0.29) is 6.42 Å². The van der Waals surface area contributed by atoms with E-state index in [9.17, 15) is 14.2 Å². The molecular formula is C21H36NO7P. The molecule has 0 spiro atoms. The monoisotopic (exact) mass is 445 g/mol. The second kappa shape index (κ2) is 18.1.